The number of benzene rings is 3. The van der Waals surface area contributed by atoms with E-state index >= 15 is 0 Å². The number of thiazole rings is 1. The van der Waals surface area contributed by atoms with Crippen LogP contribution in [0.25, 0.3) is 10.2 Å². The van der Waals surface area contributed by atoms with Crippen molar-refractivity contribution in [2.24, 2.45) is 0 Å². The fourth-order valence-electron chi connectivity index (χ4n) is 3.80. The Morgan fingerprint density at radius 3 is 2.45 bits per heavy atom. The van der Waals surface area contributed by atoms with Gasteiger partial charge in [0.2, 0.25) is 0 Å². The first-order valence-electron chi connectivity index (χ1n) is 11.1. The minimum absolute atomic E-state index is 0.103. The second-order valence-corrected chi connectivity index (χ2v) is 9.43. The lowest BCUT2D eigenvalue weighted by molar-refractivity contribution is 0.0984. The molecule has 33 heavy (non-hydrogen) atoms. The average Bonchev–Trinajstić information content (AvgIpc) is 3.21. The molecule has 6 heteroatoms. The fraction of sp³-hybridized carbons (Fsp3) is 0.259. The number of anilines is 1. The SMILES string of the molecule is Cc1cc(C)c2sc(N(CCCN(C)C)C(=O)c3ccccc3Oc3ccccc3)nc2c1. The van der Waals surface area contributed by atoms with Crippen LogP contribution in [0.3, 0.4) is 0 Å². The number of hydrogen-bond donors (Lipinski definition) is 0. The zero-order valence-electron chi connectivity index (χ0n) is 19.5. The minimum Gasteiger partial charge on any atom is -0.457 e. The number of rotatable bonds is 8. The number of amides is 1. The highest BCUT2D eigenvalue weighted by molar-refractivity contribution is 7.22. The van der Waals surface area contributed by atoms with Gasteiger partial charge in [0.15, 0.2) is 5.13 Å². The number of fused-ring (bicyclic) bond motifs is 1. The lowest BCUT2D eigenvalue weighted by Gasteiger charge is -2.22. The Balaban J connectivity index is 1.71. The first-order valence-corrected chi connectivity index (χ1v) is 11.9. The van der Waals surface area contributed by atoms with Gasteiger partial charge in [-0.15, -0.1) is 0 Å². The molecule has 0 saturated carbocycles. The molecule has 4 aromatic rings. The van der Waals surface area contributed by atoms with Crippen molar-refractivity contribution in [2.75, 3.05) is 32.1 Å². The molecule has 5 nitrogen and oxygen atoms in total. The maximum absolute atomic E-state index is 13.9. The lowest BCUT2D eigenvalue weighted by atomic mass is 10.1. The Kier molecular flexibility index (Phi) is 7.06. The summed E-state index contributed by atoms with van der Waals surface area (Å²) in [5.74, 6) is 1.14. The van der Waals surface area contributed by atoms with E-state index in [9.17, 15) is 4.79 Å². The van der Waals surface area contributed by atoms with Crippen LogP contribution < -0.4 is 9.64 Å². The molecule has 0 spiro atoms. The van der Waals surface area contributed by atoms with E-state index in [0.717, 1.165) is 28.3 Å². The van der Waals surface area contributed by atoms with Crippen molar-refractivity contribution in [3.8, 4) is 11.5 Å². The molecular formula is C27H29N3O2S. The van der Waals surface area contributed by atoms with E-state index in [-0.39, 0.29) is 5.91 Å². The molecule has 0 atom stereocenters. The van der Waals surface area contributed by atoms with Crippen molar-refractivity contribution in [1.29, 1.82) is 0 Å². The van der Waals surface area contributed by atoms with E-state index in [1.165, 1.54) is 11.1 Å². The molecule has 0 radical (unpaired) electrons. The van der Waals surface area contributed by atoms with E-state index in [1.54, 1.807) is 16.2 Å². The summed E-state index contributed by atoms with van der Waals surface area (Å²) in [5.41, 5.74) is 3.82. The standard InChI is InChI=1S/C27H29N3O2S/c1-19-17-20(2)25-23(18-19)28-27(33-25)30(16-10-15-29(3)4)26(31)22-13-8-9-14-24(22)32-21-11-6-5-7-12-21/h5-9,11-14,17-18H,10,15-16H2,1-4H3. The summed E-state index contributed by atoms with van der Waals surface area (Å²) in [6.07, 6.45) is 0.842. The number of aromatic nitrogens is 1. The Labute approximate surface area is 199 Å². The van der Waals surface area contributed by atoms with Gasteiger partial charge in [-0.25, -0.2) is 4.98 Å². The van der Waals surface area contributed by atoms with Gasteiger partial charge in [-0.05, 0) is 82.4 Å². The summed E-state index contributed by atoms with van der Waals surface area (Å²) < 4.78 is 7.20. The van der Waals surface area contributed by atoms with Crippen molar-refractivity contribution >= 4 is 32.6 Å². The van der Waals surface area contributed by atoms with E-state index in [4.69, 9.17) is 9.72 Å². The van der Waals surface area contributed by atoms with E-state index < -0.39 is 0 Å². The quantitative estimate of drug-likeness (QED) is 0.310. The number of carbonyl (C=O) groups is 1. The maximum Gasteiger partial charge on any atom is 0.263 e. The summed E-state index contributed by atoms with van der Waals surface area (Å²) >= 11 is 1.57. The molecule has 4 rings (SSSR count). The number of para-hydroxylation sites is 2. The first kappa shape index (κ1) is 23.0. The molecule has 0 N–H and O–H groups in total. The number of carbonyl (C=O) groups excluding carboxylic acids is 1. The number of hydrogen-bond acceptors (Lipinski definition) is 5. The molecule has 1 heterocycles. The fourth-order valence-corrected chi connectivity index (χ4v) is 4.84. The predicted octanol–water partition coefficient (Wildman–Crippen LogP) is 6.30. The molecule has 0 aliphatic rings. The Bertz CT molecular complexity index is 1250. The summed E-state index contributed by atoms with van der Waals surface area (Å²) in [5, 5.41) is 0.719. The average molecular weight is 460 g/mol. The molecule has 0 aliphatic carbocycles. The molecule has 0 fully saturated rings. The monoisotopic (exact) mass is 459 g/mol. The van der Waals surface area contributed by atoms with Gasteiger partial charge in [0, 0.05) is 6.54 Å². The van der Waals surface area contributed by atoms with Gasteiger partial charge >= 0.3 is 0 Å². The zero-order valence-corrected chi connectivity index (χ0v) is 20.4. The molecule has 0 unspecified atom stereocenters. The predicted molar refractivity (Wildman–Crippen MR) is 137 cm³/mol. The van der Waals surface area contributed by atoms with Crippen LogP contribution >= 0.6 is 11.3 Å². The lowest BCUT2D eigenvalue weighted by Crippen LogP contribution is -2.33. The van der Waals surface area contributed by atoms with Gasteiger partial charge < -0.3 is 9.64 Å². The van der Waals surface area contributed by atoms with Crippen LogP contribution in [-0.2, 0) is 0 Å². The maximum atomic E-state index is 13.9. The summed E-state index contributed by atoms with van der Waals surface area (Å²) in [6, 6.07) is 21.2. The largest absolute Gasteiger partial charge is 0.457 e. The van der Waals surface area contributed by atoms with Crippen molar-refractivity contribution in [3.63, 3.8) is 0 Å². The van der Waals surface area contributed by atoms with Gasteiger partial charge in [0.1, 0.15) is 11.5 Å². The smallest absolute Gasteiger partial charge is 0.263 e. The molecule has 3 aromatic carbocycles. The zero-order chi connectivity index (χ0) is 23.4. The third-order valence-corrected chi connectivity index (χ3v) is 6.59. The highest BCUT2D eigenvalue weighted by Crippen LogP contribution is 2.34. The van der Waals surface area contributed by atoms with E-state index in [1.807, 2.05) is 68.7 Å². The van der Waals surface area contributed by atoms with Crippen LogP contribution in [0.4, 0.5) is 5.13 Å². The minimum atomic E-state index is -0.103. The normalized spacial score (nSPS) is 11.2. The number of aryl methyl sites for hydroxylation is 2. The number of ether oxygens (including phenoxy) is 1. The summed E-state index contributed by atoms with van der Waals surface area (Å²) in [7, 11) is 4.08. The van der Waals surface area contributed by atoms with Gasteiger partial charge in [0.25, 0.3) is 5.91 Å². The van der Waals surface area contributed by atoms with Crippen molar-refractivity contribution in [1.82, 2.24) is 9.88 Å². The van der Waals surface area contributed by atoms with Crippen LogP contribution in [0.15, 0.2) is 66.7 Å². The molecule has 0 aliphatic heterocycles. The van der Waals surface area contributed by atoms with Crippen LogP contribution in [0, 0.1) is 13.8 Å². The molecule has 1 aromatic heterocycles. The van der Waals surface area contributed by atoms with Crippen LogP contribution in [-0.4, -0.2) is 43.0 Å². The van der Waals surface area contributed by atoms with Crippen LogP contribution in [0.2, 0.25) is 0 Å². The van der Waals surface area contributed by atoms with Crippen molar-refractivity contribution in [2.45, 2.75) is 20.3 Å². The van der Waals surface area contributed by atoms with E-state index in [0.29, 0.717) is 23.6 Å². The highest BCUT2D eigenvalue weighted by Gasteiger charge is 2.24. The molecular weight excluding hydrogens is 430 g/mol. The van der Waals surface area contributed by atoms with E-state index in [2.05, 4.69) is 30.9 Å². The topological polar surface area (TPSA) is 45.7 Å². The molecule has 1 amide bonds. The van der Waals surface area contributed by atoms with Gasteiger partial charge in [-0.3, -0.25) is 9.69 Å². The van der Waals surface area contributed by atoms with Gasteiger partial charge in [-0.1, -0.05) is 47.7 Å². The van der Waals surface area contributed by atoms with Crippen LogP contribution in [0.5, 0.6) is 11.5 Å². The Morgan fingerprint density at radius 1 is 0.970 bits per heavy atom. The molecule has 170 valence electrons. The first-order chi connectivity index (χ1) is 15.9. The number of nitrogens with zero attached hydrogens (tertiary/aromatic N) is 3. The second kappa shape index (κ2) is 10.1. The van der Waals surface area contributed by atoms with Crippen molar-refractivity contribution in [3.05, 3.63) is 83.4 Å². The van der Waals surface area contributed by atoms with Gasteiger partial charge in [-0.2, -0.15) is 0 Å². The molecule has 0 bridgehead atoms. The third kappa shape index (κ3) is 5.41. The Hall–Kier alpha value is -3.22. The summed E-state index contributed by atoms with van der Waals surface area (Å²) in [6.45, 7) is 5.63. The summed E-state index contributed by atoms with van der Waals surface area (Å²) in [4.78, 5) is 22.6. The molecule has 0 saturated heterocycles. The second-order valence-electron chi connectivity index (χ2n) is 8.45. The Morgan fingerprint density at radius 2 is 1.70 bits per heavy atom. The highest BCUT2D eigenvalue weighted by atomic mass is 32.1. The van der Waals surface area contributed by atoms with Crippen LogP contribution in [0.1, 0.15) is 27.9 Å². The van der Waals surface area contributed by atoms with Gasteiger partial charge in [0.05, 0.1) is 15.8 Å². The third-order valence-electron chi connectivity index (χ3n) is 5.36. The van der Waals surface area contributed by atoms with Crippen molar-refractivity contribution < 1.29 is 9.53 Å².